The van der Waals surface area contributed by atoms with Crippen LogP contribution in [-0.2, 0) is 35.3 Å². The first-order valence-corrected chi connectivity index (χ1v) is 22.4. The molecule has 0 saturated carbocycles. The maximum absolute atomic E-state index is 14.3. The number of aliphatic hydroxyl groups excluding tert-OH is 1. The summed E-state index contributed by atoms with van der Waals surface area (Å²) < 4.78 is 2.10. The summed E-state index contributed by atoms with van der Waals surface area (Å²) in [5, 5.41) is 22.8. The summed E-state index contributed by atoms with van der Waals surface area (Å²) in [7, 11) is 10.5. The molecule has 340 valence electrons. The number of aromatic nitrogens is 1. The SMILES string of the molecule is [B]c1ccc(P)c(-c2cc(C(N(CCC3NC(=O)C(CC(C)C)NC(=O)CN(C)C(=O)[C@H](C)NC(=O)CCC(C)C(C)NC3=O)C(=O)CO)C(C)(C)C)n(Cc3ccccc3)c2)c1. The Kier molecular flexibility index (Phi) is 18.1. The number of carbonyl (C=O) groups excluding carboxylic acids is 6. The van der Waals surface area contributed by atoms with Crippen molar-refractivity contribution >= 4 is 63.3 Å². The van der Waals surface area contributed by atoms with E-state index in [9.17, 15) is 33.9 Å². The Morgan fingerprint density at radius 3 is 2.22 bits per heavy atom. The van der Waals surface area contributed by atoms with E-state index in [1.165, 1.54) is 11.9 Å². The van der Waals surface area contributed by atoms with Crippen molar-refractivity contribution in [2.75, 3.05) is 26.7 Å². The molecule has 1 aromatic heterocycles. The van der Waals surface area contributed by atoms with Gasteiger partial charge in [-0.3, -0.25) is 28.8 Å². The van der Waals surface area contributed by atoms with Crippen LogP contribution in [0.5, 0.6) is 0 Å². The first-order valence-electron chi connectivity index (χ1n) is 21.8. The number of aliphatic hydroxyl groups is 1. The van der Waals surface area contributed by atoms with Gasteiger partial charge in [0.1, 0.15) is 32.6 Å². The molecule has 2 radical (unpaired) electrons. The first-order chi connectivity index (χ1) is 29.6. The van der Waals surface area contributed by atoms with Crippen LogP contribution in [0.2, 0.25) is 0 Å². The average Bonchev–Trinajstić information content (AvgIpc) is 3.61. The van der Waals surface area contributed by atoms with Crippen LogP contribution in [0.4, 0.5) is 0 Å². The van der Waals surface area contributed by atoms with Crippen LogP contribution in [0.3, 0.4) is 0 Å². The fourth-order valence-electron chi connectivity index (χ4n) is 8.03. The van der Waals surface area contributed by atoms with E-state index >= 15 is 0 Å². The third-order valence-electron chi connectivity index (χ3n) is 11.6. The van der Waals surface area contributed by atoms with E-state index in [4.69, 9.17) is 7.85 Å². The molecule has 0 bridgehead atoms. The van der Waals surface area contributed by atoms with Crippen molar-refractivity contribution in [3.63, 3.8) is 0 Å². The van der Waals surface area contributed by atoms with Crippen molar-refractivity contribution in [1.29, 1.82) is 0 Å². The normalized spacial score (nSPS) is 21.7. The molecule has 4 rings (SSSR count). The minimum absolute atomic E-state index is 0.0430. The van der Waals surface area contributed by atoms with Gasteiger partial charge in [-0.25, -0.2) is 0 Å². The van der Waals surface area contributed by atoms with Gasteiger partial charge in [0.2, 0.25) is 35.4 Å². The Morgan fingerprint density at radius 2 is 1.59 bits per heavy atom. The van der Waals surface area contributed by atoms with Crippen LogP contribution in [-0.4, -0.2) is 114 Å². The van der Waals surface area contributed by atoms with Gasteiger partial charge in [-0.1, -0.05) is 95.5 Å². The van der Waals surface area contributed by atoms with Crippen molar-refractivity contribution in [3.8, 4) is 11.1 Å². The minimum atomic E-state index is -1.18. The first kappa shape index (κ1) is 50.6. The predicted octanol–water partition coefficient (Wildman–Crippen LogP) is 2.71. The molecule has 16 heteroatoms. The maximum atomic E-state index is 14.3. The van der Waals surface area contributed by atoms with Gasteiger partial charge in [0.15, 0.2) is 0 Å². The molecule has 2 aromatic carbocycles. The number of rotatable bonds is 11. The highest BCUT2D eigenvalue weighted by Crippen LogP contribution is 2.41. The maximum Gasteiger partial charge on any atom is 0.248 e. The number of carbonyl (C=O) groups is 6. The molecule has 0 aliphatic carbocycles. The predicted molar refractivity (Wildman–Crippen MR) is 250 cm³/mol. The Labute approximate surface area is 376 Å². The van der Waals surface area contributed by atoms with E-state index in [1.807, 2.05) is 109 Å². The summed E-state index contributed by atoms with van der Waals surface area (Å²) >= 11 is 0. The molecular formula is C47H67BN7O7P. The van der Waals surface area contributed by atoms with Crippen LogP contribution in [0.1, 0.15) is 98.4 Å². The fraction of sp³-hybridized carbons (Fsp3) is 0.532. The number of benzene rings is 2. The highest BCUT2D eigenvalue weighted by Gasteiger charge is 2.38. The van der Waals surface area contributed by atoms with Gasteiger partial charge in [0.25, 0.3) is 0 Å². The molecule has 3 aromatic rings. The molecule has 14 nitrogen and oxygen atoms in total. The van der Waals surface area contributed by atoms with Gasteiger partial charge < -0.3 is 40.7 Å². The third-order valence-corrected chi connectivity index (χ3v) is 12.1. The van der Waals surface area contributed by atoms with Gasteiger partial charge in [-0.2, -0.15) is 0 Å². The third kappa shape index (κ3) is 14.2. The number of hydrogen-bond donors (Lipinski definition) is 5. The number of nitrogens with zero attached hydrogens (tertiary/aromatic N) is 3. The Balaban J connectivity index is 1.78. The highest BCUT2D eigenvalue weighted by atomic mass is 31.0. The van der Waals surface area contributed by atoms with Crippen LogP contribution in [0.25, 0.3) is 11.1 Å². The zero-order valence-corrected chi connectivity index (χ0v) is 39.5. The Bertz CT molecular complexity index is 2090. The van der Waals surface area contributed by atoms with Crippen molar-refractivity contribution in [3.05, 3.63) is 72.1 Å². The van der Waals surface area contributed by atoms with Crippen molar-refractivity contribution in [2.24, 2.45) is 17.3 Å². The Hall–Kier alpha value is -5.01. The van der Waals surface area contributed by atoms with Crippen molar-refractivity contribution < 1.29 is 33.9 Å². The van der Waals surface area contributed by atoms with Crippen LogP contribution in [0, 0.1) is 17.3 Å². The molecule has 6 amide bonds. The number of amides is 6. The lowest BCUT2D eigenvalue weighted by molar-refractivity contribution is -0.140. The number of hydrogen-bond acceptors (Lipinski definition) is 7. The van der Waals surface area contributed by atoms with Crippen LogP contribution in [0.15, 0.2) is 60.8 Å². The molecule has 63 heavy (non-hydrogen) atoms. The van der Waals surface area contributed by atoms with Crippen molar-refractivity contribution in [1.82, 2.24) is 35.6 Å². The summed E-state index contributed by atoms with van der Waals surface area (Å²) in [5.41, 5.74) is 3.58. The second-order valence-electron chi connectivity index (χ2n) is 18.5. The quantitative estimate of drug-likeness (QED) is 0.145. The number of likely N-dealkylation sites (N-methyl/N-ethyl adjacent to an activating group) is 1. The van der Waals surface area contributed by atoms with E-state index < -0.39 is 71.8 Å². The van der Waals surface area contributed by atoms with E-state index in [1.54, 1.807) is 11.8 Å². The van der Waals surface area contributed by atoms with E-state index in [0.29, 0.717) is 18.4 Å². The molecule has 2 heterocycles. The topological polar surface area (TPSA) is 182 Å². The molecule has 7 atom stereocenters. The lowest BCUT2D eigenvalue weighted by atomic mass is 9.82. The number of nitrogens with one attached hydrogen (secondary N) is 4. The lowest BCUT2D eigenvalue weighted by Crippen LogP contribution is -2.57. The smallest absolute Gasteiger partial charge is 0.248 e. The molecule has 0 spiro atoms. The zero-order chi connectivity index (χ0) is 46.8. The fourth-order valence-corrected chi connectivity index (χ4v) is 8.38. The molecule has 1 aliphatic rings. The minimum Gasteiger partial charge on any atom is -0.387 e. The molecule has 5 N–H and O–H groups in total. The second kappa shape index (κ2) is 22.6. The zero-order valence-electron chi connectivity index (χ0n) is 38.4. The summed E-state index contributed by atoms with van der Waals surface area (Å²) in [6, 6.07) is 13.4. The average molecular weight is 884 g/mol. The van der Waals surface area contributed by atoms with Crippen LogP contribution < -0.4 is 32.0 Å². The lowest BCUT2D eigenvalue weighted by Gasteiger charge is -2.41. The van der Waals surface area contributed by atoms with Crippen LogP contribution >= 0.6 is 9.24 Å². The molecule has 1 saturated heterocycles. The summed E-state index contributed by atoms with van der Waals surface area (Å²) in [6.07, 6.45) is 2.71. The molecule has 1 fully saturated rings. The summed E-state index contributed by atoms with van der Waals surface area (Å²) in [4.78, 5) is 84.7. The molecular weight excluding hydrogens is 816 g/mol. The standard InChI is InChI=1S/C47H67BN7O7P/c1-28(2)21-37-45(61)52-36(44(60)50-30(4)29(3)15-18-40(57)49-31(5)46(62)53(9)26-41(58)51-37)19-20-55(42(59)27-56)43(47(6,7)8)38-22-33(35-23-34(48)16-17-39(35)63)25-54(38)24-32-13-11-10-12-14-32/h10-14,16-17,22-23,25,28-31,36-37,43,56H,15,18-21,24,26-27,63H2,1-9H3,(H,49,57)(H,50,60)(H,51,58)(H,52,61)/t29?,30?,31-,36?,37?,43?/m0/s1. The Morgan fingerprint density at radius 1 is 0.921 bits per heavy atom. The summed E-state index contributed by atoms with van der Waals surface area (Å²) in [6.45, 7) is 14.4. The van der Waals surface area contributed by atoms with Gasteiger partial charge in [-0.15, -0.1) is 9.24 Å². The summed E-state index contributed by atoms with van der Waals surface area (Å²) in [5.74, 6) is -3.28. The van der Waals surface area contributed by atoms with Gasteiger partial charge >= 0.3 is 0 Å². The van der Waals surface area contributed by atoms with Gasteiger partial charge in [-0.05, 0) is 72.9 Å². The molecule has 6 unspecified atom stereocenters. The van der Waals surface area contributed by atoms with E-state index in [0.717, 1.165) is 27.7 Å². The largest absolute Gasteiger partial charge is 0.387 e. The van der Waals surface area contributed by atoms with E-state index in [2.05, 4.69) is 35.1 Å². The monoisotopic (exact) mass is 883 g/mol. The second-order valence-corrected chi connectivity index (χ2v) is 19.1. The highest BCUT2D eigenvalue weighted by molar-refractivity contribution is 7.28. The van der Waals surface area contributed by atoms with Crippen molar-refractivity contribution in [2.45, 2.75) is 118 Å². The molecule has 1 aliphatic heterocycles. The van der Waals surface area contributed by atoms with Gasteiger partial charge in [0.05, 0.1) is 12.6 Å². The van der Waals surface area contributed by atoms with Gasteiger partial charge in [0, 0.05) is 50.1 Å². The van der Waals surface area contributed by atoms with E-state index in [-0.39, 0.29) is 50.1 Å².